The van der Waals surface area contributed by atoms with Gasteiger partial charge in [-0.15, -0.1) is 0 Å². The van der Waals surface area contributed by atoms with E-state index >= 15 is 0 Å². The highest BCUT2D eigenvalue weighted by Gasteiger charge is 2.04. The molecule has 0 aliphatic rings. The van der Waals surface area contributed by atoms with E-state index in [2.05, 4.69) is 5.32 Å². The normalized spacial score (nSPS) is 10.3. The second kappa shape index (κ2) is 7.45. The Hall–Kier alpha value is -2.33. The zero-order valence-electron chi connectivity index (χ0n) is 12.1. The average molecular weight is 284 g/mol. The zero-order chi connectivity index (χ0) is 15.1. The van der Waals surface area contributed by atoms with Gasteiger partial charge >= 0.3 is 0 Å². The Labute approximate surface area is 124 Å². The van der Waals surface area contributed by atoms with E-state index in [4.69, 9.17) is 10.5 Å². The number of benzene rings is 2. The first-order valence-electron chi connectivity index (χ1n) is 6.85. The number of nitrogen functional groups attached to an aromatic ring is 1. The van der Waals surface area contributed by atoms with E-state index in [1.54, 1.807) is 7.11 Å². The van der Waals surface area contributed by atoms with Crippen molar-refractivity contribution in [1.82, 2.24) is 5.32 Å². The minimum atomic E-state index is -0.0160. The summed E-state index contributed by atoms with van der Waals surface area (Å²) in [5.41, 5.74) is 9.45. The van der Waals surface area contributed by atoms with Crippen molar-refractivity contribution < 1.29 is 9.53 Å². The first-order valence-corrected chi connectivity index (χ1v) is 6.85. The van der Waals surface area contributed by atoms with Crippen LogP contribution in [0.4, 0.5) is 5.69 Å². The molecule has 0 saturated heterocycles. The highest BCUT2D eigenvalue weighted by Crippen LogP contribution is 2.08. The molecule has 1 amide bonds. The molecule has 0 aliphatic heterocycles. The molecule has 110 valence electrons. The number of anilines is 1. The summed E-state index contributed by atoms with van der Waals surface area (Å²) in [4.78, 5) is 11.9. The minimum Gasteiger partial charge on any atom is -0.399 e. The van der Waals surface area contributed by atoms with Crippen molar-refractivity contribution in [1.29, 1.82) is 0 Å². The summed E-state index contributed by atoms with van der Waals surface area (Å²) in [6, 6.07) is 15.4. The molecule has 2 rings (SSSR count). The van der Waals surface area contributed by atoms with Crippen LogP contribution in [0.1, 0.15) is 16.7 Å². The van der Waals surface area contributed by atoms with Gasteiger partial charge in [0.25, 0.3) is 0 Å². The fraction of sp³-hybridized carbons (Fsp3) is 0.235. The largest absolute Gasteiger partial charge is 0.399 e. The average Bonchev–Trinajstić information content (AvgIpc) is 2.46. The summed E-state index contributed by atoms with van der Waals surface area (Å²) in [5.74, 6) is -0.0160. The maximum absolute atomic E-state index is 11.9. The van der Waals surface area contributed by atoms with Gasteiger partial charge in [-0.05, 0) is 28.8 Å². The number of carbonyl (C=O) groups is 1. The third-order valence-electron chi connectivity index (χ3n) is 3.11. The molecule has 0 radical (unpaired) electrons. The number of rotatable bonds is 6. The Bertz CT molecular complexity index is 611. The molecule has 0 spiro atoms. The SMILES string of the molecule is COCc1cccc(CNC(=O)Cc2cccc(N)c2)c1. The van der Waals surface area contributed by atoms with Crippen LogP contribution in [0.3, 0.4) is 0 Å². The summed E-state index contributed by atoms with van der Waals surface area (Å²) in [5, 5.41) is 2.92. The molecule has 0 aromatic heterocycles. The van der Waals surface area contributed by atoms with E-state index in [0.29, 0.717) is 25.3 Å². The van der Waals surface area contributed by atoms with Crippen molar-refractivity contribution in [3.63, 3.8) is 0 Å². The van der Waals surface area contributed by atoms with Gasteiger partial charge < -0.3 is 15.8 Å². The smallest absolute Gasteiger partial charge is 0.224 e. The molecule has 0 atom stereocenters. The van der Waals surface area contributed by atoms with Crippen LogP contribution in [0.5, 0.6) is 0 Å². The van der Waals surface area contributed by atoms with E-state index in [0.717, 1.165) is 16.7 Å². The minimum absolute atomic E-state index is 0.0160. The van der Waals surface area contributed by atoms with Gasteiger partial charge in [-0.2, -0.15) is 0 Å². The van der Waals surface area contributed by atoms with Crippen molar-refractivity contribution in [3.8, 4) is 0 Å². The number of methoxy groups -OCH3 is 1. The number of carbonyl (C=O) groups excluding carboxylic acids is 1. The Morgan fingerprint density at radius 1 is 1.10 bits per heavy atom. The summed E-state index contributed by atoms with van der Waals surface area (Å²) in [6.07, 6.45) is 0.336. The van der Waals surface area contributed by atoms with Crippen LogP contribution < -0.4 is 11.1 Å². The molecule has 2 aromatic rings. The van der Waals surface area contributed by atoms with Crippen molar-refractivity contribution in [2.75, 3.05) is 12.8 Å². The van der Waals surface area contributed by atoms with Crippen LogP contribution in [0.15, 0.2) is 48.5 Å². The third-order valence-corrected chi connectivity index (χ3v) is 3.11. The molecule has 2 aromatic carbocycles. The predicted octanol–water partition coefficient (Wildman–Crippen LogP) is 2.27. The molecular formula is C17H20N2O2. The van der Waals surface area contributed by atoms with Crippen molar-refractivity contribution in [3.05, 3.63) is 65.2 Å². The molecule has 4 nitrogen and oxygen atoms in total. The molecule has 0 bridgehead atoms. The Balaban J connectivity index is 1.87. The quantitative estimate of drug-likeness (QED) is 0.800. The van der Waals surface area contributed by atoms with Gasteiger partial charge in [0.1, 0.15) is 0 Å². The highest BCUT2D eigenvalue weighted by atomic mass is 16.5. The maximum atomic E-state index is 11.9. The van der Waals surface area contributed by atoms with Crippen molar-refractivity contribution in [2.24, 2.45) is 0 Å². The van der Waals surface area contributed by atoms with Crippen LogP contribution in [0.2, 0.25) is 0 Å². The van der Waals surface area contributed by atoms with Gasteiger partial charge in [0.05, 0.1) is 13.0 Å². The Kier molecular flexibility index (Phi) is 5.35. The van der Waals surface area contributed by atoms with Gasteiger partial charge in [-0.1, -0.05) is 36.4 Å². The topological polar surface area (TPSA) is 64.3 Å². The molecule has 4 heteroatoms. The molecule has 0 unspecified atom stereocenters. The van der Waals surface area contributed by atoms with Gasteiger partial charge in [-0.3, -0.25) is 4.79 Å². The van der Waals surface area contributed by atoms with Crippen LogP contribution >= 0.6 is 0 Å². The number of hydrogen-bond donors (Lipinski definition) is 2. The number of amides is 1. The molecule has 0 heterocycles. The number of nitrogens with one attached hydrogen (secondary N) is 1. The third kappa shape index (κ3) is 4.93. The molecule has 0 fully saturated rings. The molecular weight excluding hydrogens is 264 g/mol. The van der Waals surface area contributed by atoms with Crippen LogP contribution in [-0.4, -0.2) is 13.0 Å². The van der Waals surface area contributed by atoms with E-state index < -0.39 is 0 Å². The maximum Gasteiger partial charge on any atom is 0.224 e. The zero-order valence-corrected chi connectivity index (χ0v) is 12.1. The lowest BCUT2D eigenvalue weighted by molar-refractivity contribution is -0.120. The fourth-order valence-corrected chi connectivity index (χ4v) is 2.15. The number of hydrogen-bond acceptors (Lipinski definition) is 3. The fourth-order valence-electron chi connectivity index (χ4n) is 2.15. The van der Waals surface area contributed by atoms with Crippen molar-refractivity contribution >= 4 is 11.6 Å². The van der Waals surface area contributed by atoms with E-state index in [1.165, 1.54) is 0 Å². The first kappa shape index (κ1) is 15.1. The lowest BCUT2D eigenvalue weighted by Gasteiger charge is -2.07. The summed E-state index contributed by atoms with van der Waals surface area (Å²) >= 11 is 0. The molecule has 21 heavy (non-hydrogen) atoms. The van der Waals surface area contributed by atoms with Gasteiger partial charge in [0, 0.05) is 19.3 Å². The van der Waals surface area contributed by atoms with Gasteiger partial charge in [-0.25, -0.2) is 0 Å². The summed E-state index contributed by atoms with van der Waals surface area (Å²) < 4.78 is 5.10. The van der Waals surface area contributed by atoms with E-state index in [1.807, 2.05) is 48.5 Å². The molecule has 3 N–H and O–H groups in total. The van der Waals surface area contributed by atoms with Gasteiger partial charge in [0.2, 0.25) is 5.91 Å². The second-order valence-corrected chi connectivity index (χ2v) is 4.95. The standard InChI is InChI=1S/C17H20N2O2/c1-21-12-15-6-2-5-14(8-15)11-19-17(20)10-13-4-3-7-16(18)9-13/h2-9H,10-12,18H2,1H3,(H,19,20). The van der Waals surface area contributed by atoms with Crippen LogP contribution in [0, 0.1) is 0 Å². The number of nitrogens with two attached hydrogens (primary N) is 1. The van der Waals surface area contributed by atoms with E-state index in [-0.39, 0.29) is 5.91 Å². The van der Waals surface area contributed by atoms with Crippen molar-refractivity contribution in [2.45, 2.75) is 19.6 Å². The van der Waals surface area contributed by atoms with Crippen LogP contribution in [-0.2, 0) is 29.1 Å². The second-order valence-electron chi connectivity index (χ2n) is 4.95. The number of ether oxygens (including phenoxy) is 1. The Morgan fingerprint density at radius 3 is 2.57 bits per heavy atom. The first-order chi connectivity index (χ1) is 10.2. The summed E-state index contributed by atoms with van der Waals surface area (Å²) in [7, 11) is 1.67. The molecule has 0 saturated carbocycles. The Morgan fingerprint density at radius 2 is 1.81 bits per heavy atom. The lowest BCUT2D eigenvalue weighted by atomic mass is 10.1. The summed E-state index contributed by atoms with van der Waals surface area (Å²) in [6.45, 7) is 1.09. The lowest BCUT2D eigenvalue weighted by Crippen LogP contribution is -2.24. The van der Waals surface area contributed by atoms with Gasteiger partial charge in [0.15, 0.2) is 0 Å². The predicted molar refractivity (Wildman–Crippen MR) is 83.6 cm³/mol. The van der Waals surface area contributed by atoms with E-state index in [9.17, 15) is 4.79 Å². The highest BCUT2D eigenvalue weighted by molar-refractivity contribution is 5.78. The van der Waals surface area contributed by atoms with Crippen LogP contribution in [0.25, 0.3) is 0 Å². The monoisotopic (exact) mass is 284 g/mol. The molecule has 0 aliphatic carbocycles.